The summed E-state index contributed by atoms with van der Waals surface area (Å²) in [5.74, 6) is 0. The largest absolute Gasteiger partial charge is 0.395 e. The Kier molecular flexibility index (Phi) is 9.48. The minimum atomic E-state index is -1.29. The first-order valence-corrected chi connectivity index (χ1v) is 10.1. The molecule has 0 bridgehead atoms. The molecule has 2 aliphatic rings. The van der Waals surface area contributed by atoms with Crippen LogP contribution in [-0.4, -0.2) is 115 Å². The topological polar surface area (TPSA) is 186 Å². The molecule has 2 rings (SSSR count). The van der Waals surface area contributed by atoms with Crippen molar-refractivity contribution in [1.82, 2.24) is 10.6 Å². The lowest BCUT2D eigenvalue weighted by Gasteiger charge is -2.41. The molecular formula is C18H36N2O8. The van der Waals surface area contributed by atoms with Gasteiger partial charge in [0.05, 0.1) is 49.7 Å². The SMILES string of the molecule is OC[C@H]1N[C@@H](CCCCCC[C@@H]2N[C@H](CO)[C@@H](O)[C@H](O)[C@@H]2O)[C@@H](O)[C@@H](O)[C@@H]1O. The van der Waals surface area contributed by atoms with Crippen molar-refractivity contribution >= 4 is 0 Å². The minimum Gasteiger partial charge on any atom is -0.395 e. The van der Waals surface area contributed by atoms with Crippen LogP contribution in [0.5, 0.6) is 0 Å². The summed E-state index contributed by atoms with van der Waals surface area (Å²) in [6.07, 6.45) is -2.75. The van der Waals surface area contributed by atoms with E-state index in [1.807, 2.05) is 0 Å². The van der Waals surface area contributed by atoms with E-state index in [1.165, 1.54) is 0 Å². The van der Waals surface area contributed by atoms with Crippen LogP contribution in [0.2, 0.25) is 0 Å². The van der Waals surface area contributed by atoms with Gasteiger partial charge in [0.25, 0.3) is 0 Å². The van der Waals surface area contributed by atoms with Crippen molar-refractivity contribution in [2.75, 3.05) is 13.2 Å². The van der Waals surface area contributed by atoms with Crippen LogP contribution in [0, 0.1) is 0 Å². The first-order valence-electron chi connectivity index (χ1n) is 10.1. The molecule has 0 spiro atoms. The smallest absolute Gasteiger partial charge is 0.109 e. The van der Waals surface area contributed by atoms with Gasteiger partial charge in [0.1, 0.15) is 12.2 Å². The lowest BCUT2D eigenvalue weighted by atomic mass is 9.87. The quantitative estimate of drug-likeness (QED) is 0.169. The van der Waals surface area contributed by atoms with Gasteiger partial charge in [-0.1, -0.05) is 25.7 Å². The predicted molar refractivity (Wildman–Crippen MR) is 99.3 cm³/mol. The van der Waals surface area contributed by atoms with Crippen molar-refractivity contribution in [2.45, 2.75) is 99.3 Å². The number of aliphatic hydroxyl groups is 8. The minimum absolute atomic E-state index is 0.326. The highest BCUT2D eigenvalue weighted by Crippen LogP contribution is 2.22. The molecule has 2 saturated heterocycles. The maximum Gasteiger partial charge on any atom is 0.109 e. The third-order valence-electron chi connectivity index (χ3n) is 6.08. The molecule has 10 nitrogen and oxygen atoms in total. The van der Waals surface area contributed by atoms with Crippen LogP contribution in [0.3, 0.4) is 0 Å². The summed E-state index contributed by atoms with van der Waals surface area (Å²) in [4.78, 5) is 0. The molecular weight excluding hydrogens is 372 g/mol. The van der Waals surface area contributed by atoms with Gasteiger partial charge in [0.2, 0.25) is 0 Å². The van der Waals surface area contributed by atoms with Crippen LogP contribution in [0.1, 0.15) is 38.5 Å². The van der Waals surface area contributed by atoms with Crippen molar-refractivity contribution in [2.24, 2.45) is 0 Å². The number of aliphatic hydroxyl groups excluding tert-OH is 8. The average molecular weight is 408 g/mol. The molecule has 2 heterocycles. The average Bonchev–Trinajstić information content (AvgIpc) is 2.70. The fourth-order valence-corrected chi connectivity index (χ4v) is 4.21. The maximum absolute atomic E-state index is 10.1. The standard InChI is InChI=1S/C18H36N2O8/c21-7-11-15(25)17(27)13(23)9(19-11)5-3-1-2-4-6-10-14(24)18(28)16(26)12(8-22)20-10/h9-28H,1-8H2/t9-,10-,11+,12+,13+,14+,15+,16+,17+,18+/m0/s1. The summed E-state index contributed by atoms with van der Waals surface area (Å²) in [6.45, 7) is -0.652. The summed E-state index contributed by atoms with van der Waals surface area (Å²) >= 11 is 0. The molecule has 2 aliphatic heterocycles. The Labute approximate surface area is 164 Å². The zero-order valence-corrected chi connectivity index (χ0v) is 16.0. The lowest BCUT2D eigenvalue weighted by Crippen LogP contribution is -2.65. The second-order valence-electron chi connectivity index (χ2n) is 8.06. The summed E-state index contributed by atoms with van der Waals surface area (Å²) in [5.41, 5.74) is 0. The van der Waals surface area contributed by atoms with E-state index in [4.69, 9.17) is 0 Å². The molecule has 0 aromatic heterocycles. The Morgan fingerprint density at radius 2 is 0.750 bits per heavy atom. The summed E-state index contributed by atoms with van der Waals surface area (Å²) in [6, 6.07) is -2.13. The van der Waals surface area contributed by atoms with Gasteiger partial charge in [-0.2, -0.15) is 0 Å². The molecule has 0 radical (unpaired) electrons. The van der Waals surface area contributed by atoms with E-state index >= 15 is 0 Å². The zero-order valence-electron chi connectivity index (χ0n) is 16.0. The molecule has 0 unspecified atom stereocenters. The summed E-state index contributed by atoms with van der Waals surface area (Å²) in [5, 5.41) is 83.9. The zero-order chi connectivity index (χ0) is 20.8. The monoisotopic (exact) mass is 408 g/mol. The highest BCUT2D eigenvalue weighted by molar-refractivity contribution is 4.99. The van der Waals surface area contributed by atoms with Gasteiger partial charge in [0, 0.05) is 12.1 Å². The van der Waals surface area contributed by atoms with Crippen LogP contribution in [-0.2, 0) is 0 Å². The summed E-state index contributed by atoms with van der Waals surface area (Å²) < 4.78 is 0. The number of hydrogen-bond donors (Lipinski definition) is 10. The van der Waals surface area contributed by atoms with Crippen molar-refractivity contribution in [1.29, 1.82) is 0 Å². The van der Waals surface area contributed by atoms with Crippen molar-refractivity contribution in [3.05, 3.63) is 0 Å². The Hall–Kier alpha value is -0.400. The van der Waals surface area contributed by atoms with Gasteiger partial charge in [0.15, 0.2) is 0 Å². The van der Waals surface area contributed by atoms with Gasteiger partial charge in [-0.25, -0.2) is 0 Å². The van der Waals surface area contributed by atoms with Crippen molar-refractivity contribution < 1.29 is 40.9 Å². The van der Waals surface area contributed by atoms with E-state index in [0.29, 0.717) is 12.8 Å². The Morgan fingerprint density at radius 1 is 0.429 bits per heavy atom. The molecule has 2 fully saturated rings. The fourth-order valence-electron chi connectivity index (χ4n) is 4.21. The van der Waals surface area contributed by atoms with E-state index in [0.717, 1.165) is 25.7 Å². The molecule has 28 heavy (non-hydrogen) atoms. The molecule has 10 N–H and O–H groups in total. The molecule has 10 heteroatoms. The molecule has 166 valence electrons. The maximum atomic E-state index is 10.1. The normalized spacial score (nSPS) is 44.6. The Balaban J connectivity index is 1.66. The number of nitrogens with one attached hydrogen (secondary N) is 2. The molecule has 0 amide bonds. The third kappa shape index (κ3) is 5.60. The van der Waals surface area contributed by atoms with E-state index in [1.54, 1.807) is 0 Å². The van der Waals surface area contributed by atoms with Gasteiger partial charge in [-0.05, 0) is 12.8 Å². The number of rotatable bonds is 9. The fraction of sp³-hybridized carbons (Fsp3) is 1.00. The first-order chi connectivity index (χ1) is 13.3. The van der Waals surface area contributed by atoms with Gasteiger partial charge in [-0.15, -0.1) is 0 Å². The summed E-state index contributed by atoms with van der Waals surface area (Å²) in [7, 11) is 0. The predicted octanol–water partition coefficient (Wildman–Crippen LogP) is -3.84. The Morgan fingerprint density at radius 3 is 1.07 bits per heavy atom. The van der Waals surface area contributed by atoms with Crippen molar-refractivity contribution in [3.63, 3.8) is 0 Å². The van der Waals surface area contributed by atoms with Gasteiger partial charge >= 0.3 is 0 Å². The van der Waals surface area contributed by atoms with Crippen molar-refractivity contribution in [3.8, 4) is 0 Å². The molecule has 0 saturated carbocycles. The van der Waals surface area contributed by atoms with E-state index < -0.39 is 60.8 Å². The number of piperidine rings is 2. The van der Waals surface area contributed by atoms with Crippen LogP contribution >= 0.6 is 0 Å². The van der Waals surface area contributed by atoms with E-state index in [-0.39, 0.29) is 13.2 Å². The Bertz CT molecular complexity index is 415. The molecule has 0 aromatic carbocycles. The van der Waals surface area contributed by atoms with E-state index in [2.05, 4.69) is 10.6 Å². The third-order valence-corrected chi connectivity index (χ3v) is 6.08. The molecule has 10 atom stereocenters. The molecule has 0 aromatic rings. The van der Waals surface area contributed by atoms with Crippen LogP contribution in [0.25, 0.3) is 0 Å². The highest BCUT2D eigenvalue weighted by atomic mass is 16.4. The number of hydrogen-bond acceptors (Lipinski definition) is 10. The number of unbranched alkanes of at least 4 members (excludes halogenated alkanes) is 3. The van der Waals surface area contributed by atoms with Crippen LogP contribution in [0.4, 0.5) is 0 Å². The second kappa shape index (κ2) is 11.1. The molecule has 0 aliphatic carbocycles. The lowest BCUT2D eigenvalue weighted by molar-refractivity contribution is -0.121. The van der Waals surface area contributed by atoms with E-state index in [9.17, 15) is 40.9 Å². The second-order valence-corrected chi connectivity index (χ2v) is 8.06. The van der Waals surface area contributed by atoms with Crippen LogP contribution in [0.15, 0.2) is 0 Å². The van der Waals surface area contributed by atoms with Gasteiger partial charge in [-0.3, -0.25) is 0 Å². The first kappa shape index (κ1) is 23.9. The van der Waals surface area contributed by atoms with Crippen LogP contribution < -0.4 is 10.6 Å². The van der Waals surface area contributed by atoms with Gasteiger partial charge < -0.3 is 51.5 Å². The highest BCUT2D eigenvalue weighted by Gasteiger charge is 2.42.